The molecule has 1 aliphatic carbocycles. The van der Waals surface area contributed by atoms with Crippen LogP contribution in [-0.2, 0) is 20.7 Å². The van der Waals surface area contributed by atoms with E-state index in [1.807, 2.05) is 31.2 Å². The van der Waals surface area contributed by atoms with Crippen LogP contribution in [0.5, 0.6) is 0 Å². The molecule has 0 aliphatic heterocycles. The van der Waals surface area contributed by atoms with Crippen LogP contribution in [0.2, 0.25) is 0 Å². The maximum atomic E-state index is 12.3. The Morgan fingerprint density at radius 3 is 2.74 bits per heavy atom. The summed E-state index contributed by atoms with van der Waals surface area (Å²) in [4.78, 5) is 23.5. The Kier molecular flexibility index (Phi) is 8.43. The number of amides is 1. The van der Waals surface area contributed by atoms with Gasteiger partial charge < -0.3 is 14.0 Å². The molecule has 0 saturated carbocycles. The fraction of sp³-hybridized carbons (Fsp3) is 0.409. The second kappa shape index (κ2) is 11.2. The van der Waals surface area contributed by atoms with Gasteiger partial charge >= 0.3 is 12.1 Å². The third-order valence-corrected chi connectivity index (χ3v) is 6.35. The van der Waals surface area contributed by atoms with Gasteiger partial charge in [0.1, 0.15) is 23.7 Å². The molecule has 2 aromatic rings. The molecule has 1 aromatic heterocycles. The molecule has 31 heavy (non-hydrogen) atoms. The number of rotatable bonds is 9. The molecule has 1 unspecified atom stereocenters. The highest BCUT2D eigenvalue weighted by molar-refractivity contribution is 7.99. The lowest BCUT2D eigenvalue weighted by Gasteiger charge is -2.15. The van der Waals surface area contributed by atoms with E-state index < -0.39 is 6.09 Å². The van der Waals surface area contributed by atoms with E-state index in [1.54, 1.807) is 0 Å². The smallest absolute Gasteiger partial charge is 0.412 e. The molecular weight excluding hydrogens is 440 g/mol. The summed E-state index contributed by atoms with van der Waals surface area (Å²) in [5.74, 6) is 0.943. The van der Waals surface area contributed by atoms with Crippen molar-refractivity contribution >= 4 is 41.1 Å². The number of methoxy groups -OCH3 is 1. The topological polar surface area (TPSA) is 90.7 Å². The molecule has 0 fully saturated rings. The first-order valence-corrected chi connectivity index (χ1v) is 11.5. The van der Waals surface area contributed by atoms with Crippen LogP contribution in [0.4, 0.5) is 10.5 Å². The maximum absolute atomic E-state index is 12.3. The number of esters is 1. The predicted molar refractivity (Wildman–Crippen MR) is 121 cm³/mol. The molecule has 0 saturated heterocycles. The monoisotopic (exact) mass is 464 g/mol. The molecule has 1 atom stereocenters. The number of thioether (sulfide) groups is 1. The van der Waals surface area contributed by atoms with Crippen LogP contribution in [0, 0.1) is 0 Å². The Balaban J connectivity index is 1.55. The zero-order chi connectivity index (χ0) is 22.2. The standard InChI is InChI=1S/C22H25ClN2O5S/c1-14(17-4-3-5-18(17)23)30-22(27)24-19-12-29-25-21(19)16-8-6-15(7-9-16)10-11-31-13-20(26)28-2/h6-9,12,14H,3-5,10-11,13H2,1-2H3,(H,24,27). The first-order valence-electron chi connectivity index (χ1n) is 10.0. The van der Waals surface area contributed by atoms with E-state index in [-0.39, 0.29) is 12.1 Å². The van der Waals surface area contributed by atoms with Crippen molar-refractivity contribution in [2.24, 2.45) is 0 Å². The van der Waals surface area contributed by atoms with Crippen LogP contribution in [-0.4, -0.2) is 41.9 Å². The third kappa shape index (κ3) is 6.51. The van der Waals surface area contributed by atoms with Crippen molar-refractivity contribution in [1.82, 2.24) is 5.16 Å². The number of nitrogens with one attached hydrogen (secondary N) is 1. The van der Waals surface area contributed by atoms with E-state index in [2.05, 4.69) is 15.2 Å². The fourth-order valence-corrected chi connectivity index (χ4v) is 4.48. The average molecular weight is 465 g/mol. The van der Waals surface area contributed by atoms with Gasteiger partial charge in [-0.3, -0.25) is 10.1 Å². The van der Waals surface area contributed by atoms with Gasteiger partial charge in [0.15, 0.2) is 0 Å². The summed E-state index contributed by atoms with van der Waals surface area (Å²) < 4.78 is 15.2. The summed E-state index contributed by atoms with van der Waals surface area (Å²) in [7, 11) is 1.39. The zero-order valence-electron chi connectivity index (χ0n) is 17.5. The summed E-state index contributed by atoms with van der Waals surface area (Å²) in [5, 5.41) is 7.50. The molecule has 166 valence electrons. The lowest BCUT2D eigenvalue weighted by Crippen LogP contribution is -2.21. The predicted octanol–water partition coefficient (Wildman–Crippen LogP) is 5.40. The number of hydrogen-bond donors (Lipinski definition) is 1. The van der Waals surface area contributed by atoms with Gasteiger partial charge in [-0.2, -0.15) is 0 Å². The highest BCUT2D eigenvalue weighted by atomic mass is 35.5. The third-order valence-electron chi connectivity index (χ3n) is 4.98. The summed E-state index contributed by atoms with van der Waals surface area (Å²) in [6.45, 7) is 1.82. The number of anilines is 1. The molecule has 0 spiro atoms. The average Bonchev–Trinajstić information content (AvgIpc) is 3.40. The highest BCUT2D eigenvalue weighted by Gasteiger charge is 2.22. The normalized spacial score (nSPS) is 14.4. The number of carbonyl (C=O) groups excluding carboxylic acids is 2. The Bertz CT molecular complexity index is 942. The Morgan fingerprint density at radius 2 is 2.06 bits per heavy atom. The van der Waals surface area contributed by atoms with Crippen molar-refractivity contribution in [2.45, 2.75) is 38.7 Å². The number of hydrogen-bond acceptors (Lipinski definition) is 7. The quantitative estimate of drug-likeness (QED) is 0.392. The number of halogens is 1. The number of nitrogens with zero attached hydrogens (tertiary/aromatic N) is 1. The lowest BCUT2D eigenvalue weighted by atomic mass is 10.1. The van der Waals surface area contributed by atoms with E-state index in [1.165, 1.54) is 25.1 Å². The van der Waals surface area contributed by atoms with Crippen molar-refractivity contribution in [3.8, 4) is 11.3 Å². The van der Waals surface area contributed by atoms with Gasteiger partial charge in [-0.25, -0.2) is 4.79 Å². The van der Waals surface area contributed by atoms with Gasteiger partial charge in [0.25, 0.3) is 0 Å². The molecule has 0 radical (unpaired) electrons. The van der Waals surface area contributed by atoms with Crippen LogP contribution in [0.1, 0.15) is 31.7 Å². The highest BCUT2D eigenvalue weighted by Crippen LogP contribution is 2.32. The van der Waals surface area contributed by atoms with Crippen molar-refractivity contribution in [1.29, 1.82) is 0 Å². The molecule has 9 heteroatoms. The molecule has 0 bridgehead atoms. The van der Waals surface area contributed by atoms with Crippen LogP contribution < -0.4 is 5.32 Å². The molecule has 1 aromatic carbocycles. The second-order valence-corrected chi connectivity index (χ2v) is 8.67. The summed E-state index contributed by atoms with van der Waals surface area (Å²) in [6, 6.07) is 7.81. The van der Waals surface area contributed by atoms with Gasteiger partial charge in [-0.1, -0.05) is 41.0 Å². The number of allylic oxidation sites excluding steroid dienone is 1. The molecule has 1 amide bonds. The largest absolute Gasteiger partial charge is 0.468 e. The summed E-state index contributed by atoms with van der Waals surface area (Å²) >= 11 is 7.73. The molecule has 3 rings (SSSR count). The maximum Gasteiger partial charge on any atom is 0.412 e. The van der Waals surface area contributed by atoms with Gasteiger partial charge in [0.2, 0.25) is 0 Å². The van der Waals surface area contributed by atoms with E-state index in [0.717, 1.165) is 53.2 Å². The van der Waals surface area contributed by atoms with Gasteiger partial charge in [0, 0.05) is 10.6 Å². The Morgan fingerprint density at radius 1 is 1.29 bits per heavy atom. The number of aromatic nitrogens is 1. The molecule has 1 heterocycles. The molecule has 1 N–H and O–H groups in total. The van der Waals surface area contributed by atoms with Gasteiger partial charge in [-0.05, 0) is 49.5 Å². The van der Waals surface area contributed by atoms with Gasteiger partial charge in [0.05, 0.1) is 12.9 Å². The van der Waals surface area contributed by atoms with Gasteiger partial charge in [-0.15, -0.1) is 11.8 Å². The Hall–Kier alpha value is -2.45. The molecule has 7 nitrogen and oxygen atoms in total. The van der Waals surface area contributed by atoms with Crippen molar-refractivity contribution < 1.29 is 23.6 Å². The van der Waals surface area contributed by atoms with Crippen molar-refractivity contribution in [3.63, 3.8) is 0 Å². The lowest BCUT2D eigenvalue weighted by molar-refractivity contribution is -0.137. The van der Waals surface area contributed by atoms with Crippen LogP contribution in [0.3, 0.4) is 0 Å². The van der Waals surface area contributed by atoms with Crippen LogP contribution >= 0.6 is 23.4 Å². The number of aryl methyl sites for hydroxylation is 1. The first kappa shape index (κ1) is 23.2. The molecule has 1 aliphatic rings. The minimum Gasteiger partial charge on any atom is -0.468 e. The zero-order valence-corrected chi connectivity index (χ0v) is 19.1. The van der Waals surface area contributed by atoms with E-state index >= 15 is 0 Å². The summed E-state index contributed by atoms with van der Waals surface area (Å²) in [6.07, 6.45) is 3.91. The van der Waals surface area contributed by atoms with E-state index in [9.17, 15) is 9.59 Å². The van der Waals surface area contributed by atoms with E-state index in [4.69, 9.17) is 20.9 Å². The molecular formula is C22H25ClN2O5S. The van der Waals surface area contributed by atoms with E-state index in [0.29, 0.717) is 17.1 Å². The minimum absolute atomic E-state index is 0.220. The summed E-state index contributed by atoms with van der Waals surface area (Å²) in [5.41, 5.74) is 3.88. The number of benzene rings is 1. The number of ether oxygens (including phenoxy) is 2. The Labute approximate surface area is 190 Å². The fourth-order valence-electron chi connectivity index (χ4n) is 3.29. The second-order valence-electron chi connectivity index (χ2n) is 7.11. The van der Waals surface area contributed by atoms with Crippen LogP contribution in [0.15, 0.2) is 45.7 Å². The SMILES string of the molecule is COC(=O)CSCCc1ccc(-c2nocc2NC(=O)OC(C)C2=C(Cl)CCC2)cc1. The minimum atomic E-state index is -0.583. The van der Waals surface area contributed by atoms with Crippen LogP contribution in [0.25, 0.3) is 11.3 Å². The first-order chi connectivity index (χ1) is 15.0. The van der Waals surface area contributed by atoms with Crippen molar-refractivity contribution in [2.75, 3.05) is 23.9 Å². The number of carbonyl (C=O) groups is 2. The van der Waals surface area contributed by atoms with Crippen molar-refractivity contribution in [3.05, 3.63) is 46.7 Å².